The zero-order chi connectivity index (χ0) is 33.2. The lowest BCUT2D eigenvalue weighted by Crippen LogP contribution is -2.49. The van der Waals surface area contributed by atoms with Crippen LogP contribution in [0.2, 0.25) is 0 Å². The number of aryl methyl sites for hydroxylation is 1. The van der Waals surface area contributed by atoms with E-state index >= 15 is 0 Å². The van der Waals surface area contributed by atoms with Gasteiger partial charge < -0.3 is 25.0 Å². The Balaban J connectivity index is 1.63. The number of nitrogens with one attached hydrogen (secondary N) is 1. The zero-order valence-corrected chi connectivity index (χ0v) is 28.3. The fraction of sp³-hybridized carbons (Fsp3) is 0.514. The Kier molecular flexibility index (Phi) is 10.0. The molecule has 0 radical (unpaired) electrons. The lowest BCUT2D eigenvalue weighted by molar-refractivity contribution is -0.154. The molecule has 46 heavy (non-hydrogen) atoms. The molecule has 3 heterocycles. The summed E-state index contributed by atoms with van der Waals surface area (Å²) < 4.78 is 5.70. The molecule has 2 aromatic heterocycles. The van der Waals surface area contributed by atoms with E-state index < -0.39 is 35.4 Å². The van der Waals surface area contributed by atoms with Crippen molar-refractivity contribution in [2.75, 3.05) is 26.1 Å². The van der Waals surface area contributed by atoms with E-state index in [4.69, 9.17) is 9.72 Å². The predicted molar refractivity (Wildman–Crippen MR) is 181 cm³/mol. The lowest BCUT2D eigenvalue weighted by Gasteiger charge is -2.36. The van der Waals surface area contributed by atoms with E-state index in [1.165, 1.54) is 5.56 Å². The van der Waals surface area contributed by atoms with Crippen molar-refractivity contribution in [2.45, 2.75) is 84.5 Å². The van der Waals surface area contributed by atoms with Crippen molar-refractivity contribution in [3.63, 3.8) is 0 Å². The monoisotopic (exact) mass is 627 g/mol. The third-order valence-electron chi connectivity index (χ3n) is 9.72. The summed E-state index contributed by atoms with van der Waals surface area (Å²) in [5.41, 5.74) is 4.44. The van der Waals surface area contributed by atoms with Crippen LogP contribution < -0.4 is 15.0 Å². The average Bonchev–Trinajstić information content (AvgIpc) is 3.40. The third-order valence-corrected chi connectivity index (χ3v) is 9.72. The van der Waals surface area contributed by atoms with Crippen molar-refractivity contribution in [1.82, 2.24) is 20.2 Å². The van der Waals surface area contributed by atoms with Gasteiger partial charge in [-0.3, -0.25) is 4.79 Å². The summed E-state index contributed by atoms with van der Waals surface area (Å²) in [5.74, 6) is -0.408. The van der Waals surface area contributed by atoms with Gasteiger partial charge in [-0.25, -0.2) is 14.8 Å². The molecular formula is C37H49N5O4. The largest absolute Gasteiger partial charge is 0.481 e. The van der Waals surface area contributed by atoms with Gasteiger partial charge >= 0.3 is 5.97 Å². The van der Waals surface area contributed by atoms with Crippen LogP contribution in [-0.2, 0) is 16.1 Å². The molecule has 246 valence electrons. The van der Waals surface area contributed by atoms with Crippen molar-refractivity contribution >= 4 is 17.7 Å². The van der Waals surface area contributed by atoms with Crippen LogP contribution in [0.4, 0.5) is 5.82 Å². The van der Waals surface area contributed by atoms with E-state index in [1.54, 1.807) is 18.2 Å². The SMILES string of the molecule is COc1ncc(-c2ccc(C)cc2)cc1CN[C@H]1[C@H](C(C)(C)C)[C@@H](C(=O)O)N(C(=O)C2CCCCC2)[C@H]1c1cccnc1N(C)C. The second kappa shape index (κ2) is 13.8. The number of carboxylic acids is 1. The number of hydrogen-bond acceptors (Lipinski definition) is 7. The number of hydrogen-bond donors (Lipinski definition) is 2. The number of carbonyl (C=O) groups is 2. The smallest absolute Gasteiger partial charge is 0.326 e. The minimum Gasteiger partial charge on any atom is -0.481 e. The summed E-state index contributed by atoms with van der Waals surface area (Å²) in [7, 11) is 5.47. The van der Waals surface area contributed by atoms with Gasteiger partial charge in [0, 0.05) is 67.6 Å². The quantitative estimate of drug-likeness (QED) is 0.286. The molecule has 2 aliphatic rings. The van der Waals surface area contributed by atoms with Crippen LogP contribution in [0.3, 0.4) is 0 Å². The molecule has 1 aliphatic heterocycles. The average molecular weight is 628 g/mol. The molecular weight excluding hydrogens is 578 g/mol. The van der Waals surface area contributed by atoms with Crippen molar-refractivity contribution in [2.24, 2.45) is 17.3 Å². The highest BCUT2D eigenvalue weighted by Crippen LogP contribution is 2.50. The van der Waals surface area contributed by atoms with Crippen molar-refractivity contribution in [3.8, 4) is 17.0 Å². The van der Waals surface area contributed by atoms with Crippen LogP contribution in [-0.4, -0.2) is 65.1 Å². The topological polar surface area (TPSA) is 108 Å². The van der Waals surface area contributed by atoms with Gasteiger partial charge in [0.05, 0.1) is 13.2 Å². The number of likely N-dealkylation sites (tertiary alicyclic amines) is 1. The van der Waals surface area contributed by atoms with Crippen molar-refractivity contribution in [3.05, 3.63) is 71.5 Å². The van der Waals surface area contributed by atoms with E-state index in [9.17, 15) is 14.7 Å². The number of rotatable bonds is 9. The molecule has 2 fully saturated rings. The number of carboxylic acid groups (broad SMARTS) is 1. The van der Waals surface area contributed by atoms with E-state index in [0.29, 0.717) is 12.4 Å². The first-order chi connectivity index (χ1) is 21.9. The second-order valence-corrected chi connectivity index (χ2v) is 14.2. The van der Waals surface area contributed by atoms with Gasteiger partial charge in [0.25, 0.3) is 0 Å². The highest BCUT2D eigenvalue weighted by Gasteiger charge is 2.59. The van der Waals surface area contributed by atoms with Crippen LogP contribution in [0, 0.1) is 24.2 Å². The fourth-order valence-electron chi connectivity index (χ4n) is 7.57. The number of amides is 1. The fourth-order valence-corrected chi connectivity index (χ4v) is 7.57. The zero-order valence-electron chi connectivity index (χ0n) is 28.3. The number of methoxy groups -OCH3 is 1. The molecule has 1 aromatic carbocycles. The second-order valence-electron chi connectivity index (χ2n) is 14.2. The Bertz CT molecular complexity index is 1530. The van der Waals surface area contributed by atoms with E-state index in [-0.39, 0.29) is 11.8 Å². The molecule has 0 unspecified atom stereocenters. The van der Waals surface area contributed by atoms with Gasteiger partial charge in [0.2, 0.25) is 11.8 Å². The van der Waals surface area contributed by atoms with E-state index in [0.717, 1.165) is 60.2 Å². The lowest BCUT2D eigenvalue weighted by atomic mass is 9.72. The Hall–Kier alpha value is -3.98. The van der Waals surface area contributed by atoms with E-state index in [2.05, 4.69) is 68.3 Å². The molecule has 1 saturated carbocycles. The highest BCUT2D eigenvalue weighted by atomic mass is 16.5. The Labute approximate surface area is 273 Å². The summed E-state index contributed by atoms with van der Waals surface area (Å²) in [4.78, 5) is 40.9. The van der Waals surface area contributed by atoms with Gasteiger partial charge in [0.1, 0.15) is 11.9 Å². The molecule has 3 aromatic rings. The summed E-state index contributed by atoms with van der Waals surface area (Å²) in [6, 6.07) is 12.3. The minimum atomic E-state index is -1.01. The van der Waals surface area contributed by atoms with Crippen LogP contribution in [0.5, 0.6) is 5.88 Å². The molecule has 5 rings (SSSR count). The highest BCUT2D eigenvalue weighted by molar-refractivity contribution is 5.87. The van der Waals surface area contributed by atoms with Gasteiger partial charge in [0.15, 0.2) is 0 Å². The maximum absolute atomic E-state index is 14.6. The van der Waals surface area contributed by atoms with Crippen LogP contribution in [0.1, 0.15) is 75.6 Å². The van der Waals surface area contributed by atoms with Gasteiger partial charge in [-0.2, -0.15) is 0 Å². The molecule has 4 atom stereocenters. The molecule has 1 aliphatic carbocycles. The first-order valence-electron chi connectivity index (χ1n) is 16.4. The van der Waals surface area contributed by atoms with Gasteiger partial charge in [-0.05, 0) is 42.9 Å². The molecule has 2 N–H and O–H groups in total. The molecule has 9 heteroatoms. The number of carbonyl (C=O) groups excluding carboxylic acids is 1. The van der Waals surface area contributed by atoms with Gasteiger partial charge in [-0.1, -0.05) is 75.9 Å². The molecule has 0 bridgehead atoms. The van der Waals surface area contributed by atoms with E-state index in [1.807, 2.05) is 37.3 Å². The number of aliphatic carboxylic acids is 1. The molecule has 9 nitrogen and oxygen atoms in total. The Morgan fingerprint density at radius 1 is 1.04 bits per heavy atom. The normalized spacial score (nSPS) is 22.1. The third kappa shape index (κ3) is 6.75. The summed E-state index contributed by atoms with van der Waals surface area (Å²) in [5, 5.41) is 14.7. The van der Waals surface area contributed by atoms with Crippen molar-refractivity contribution < 1.29 is 19.4 Å². The maximum Gasteiger partial charge on any atom is 0.326 e. The van der Waals surface area contributed by atoms with Crippen LogP contribution >= 0.6 is 0 Å². The number of pyridine rings is 2. The molecule has 1 saturated heterocycles. The van der Waals surface area contributed by atoms with Crippen molar-refractivity contribution in [1.29, 1.82) is 0 Å². The number of ether oxygens (including phenoxy) is 1. The Morgan fingerprint density at radius 2 is 1.74 bits per heavy atom. The number of aromatic nitrogens is 2. The number of benzene rings is 1. The first kappa shape index (κ1) is 33.4. The summed E-state index contributed by atoms with van der Waals surface area (Å²) in [6.07, 6.45) is 8.20. The summed E-state index contributed by atoms with van der Waals surface area (Å²) >= 11 is 0. The minimum absolute atomic E-state index is 0.0650. The summed E-state index contributed by atoms with van der Waals surface area (Å²) in [6.45, 7) is 8.66. The number of nitrogens with zero attached hydrogens (tertiary/aromatic N) is 4. The van der Waals surface area contributed by atoms with Crippen LogP contribution in [0.15, 0.2) is 54.9 Å². The Morgan fingerprint density at radius 3 is 2.35 bits per heavy atom. The molecule has 0 spiro atoms. The standard InChI is InChI=1S/C37H49N5O4/c1-23-15-17-24(18-16-23)26-20-27(34(46-7)40-21-26)22-39-30-29(37(2,3)4)32(36(44)45)42(35(43)25-12-9-8-10-13-25)31(30)28-14-11-19-38-33(28)41(5)6/h11,14-21,25,29-32,39H,8-10,12-13,22H2,1-7H3,(H,44,45)/t29-,30-,31-,32-/m0/s1. The maximum atomic E-state index is 14.6. The van der Waals surface area contributed by atoms with Gasteiger partial charge in [-0.15, -0.1) is 0 Å². The predicted octanol–water partition coefficient (Wildman–Crippen LogP) is 6.26. The van der Waals surface area contributed by atoms with Crippen LogP contribution in [0.25, 0.3) is 11.1 Å². The number of anilines is 1. The first-order valence-corrected chi connectivity index (χ1v) is 16.4. The molecule has 1 amide bonds.